The van der Waals surface area contributed by atoms with Crippen LogP contribution in [0.3, 0.4) is 0 Å². The Hall–Kier alpha value is -1.20. The van der Waals surface area contributed by atoms with Gasteiger partial charge in [-0.25, -0.2) is 4.39 Å². The van der Waals surface area contributed by atoms with Crippen molar-refractivity contribution in [3.8, 4) is 0 Å². The van der Waals surface area contributed by atoms with E-state index >= 15 is 0 Å². The van der Waals surface area contributed by atoms with Gasteiger partial charge >= 0.3 is 0 Å². The molecule has 20 heavy (non-hydrogen) atoms. The topological polar surface area (TPSA) is 29.9 Å². The van der Waals surface area contributed by atoms with Crippen molar-refractivity contribution in [1.82, 2.24) is 15.1 Å². The summed E-state index contributed by atoms with van der Waals surface area (Å²) in [5.41, 5.74) is 3.07. The second kappa shape index (κ2) is 6.50. The third-order valence-electron chi connectivity index (χ3n) is 3.21. The van der Waals surface area contributed by atoms with Gasteiger partial charge in [-0.3, -0.25) is 4.68 Å². The van der Waals surface area contributed by atoms with Crippen molar-refractivity contribution in [3.05, 3.63) is 51.5 Å². The summed E-state index contributed by atoms with van der Waals surface area (Å²) in [5, 5.41) is 7.83. The highest BCUT2D eigenvalue weighted by Gasteiger charge is 2.16. The van der Waals surface area contributed by atoms with Crippen LogP contribution in [0.5, 0.6) is 0 Å². The second-order valence-corrected chi connectivity index (χ2v) is 5.84. The fourth-order valence-corrected chi connectivity index (χ4v) is 2.96. The molecule has 1 aromatic heterocycles. The summed E-state index contributed by atoms with van der Waals surface area (Å²) in [6.45, 7) is 4.90. The van der Waals surface area contributed by atoms with E-state index in [1.54, 1.807) is 6.07 Å². The molecular weight excluding hydrogens is 321 g/mol. The molecule has 0 saturated carbocycles. The van der Waals surface area contributed by atoms with Gasteiger partial charge in [-0.2, -0.15) is 5.10 Å². The highest BCUT2D eigenvalue weighted by atomic mass is 79.9. The number of nitrogens with one attached hydrogen (secondary N) is 1. The fraction of sp³-hybridized carbons (Fsp3) is 0.400. The lowest BCUT2D eigenvalue weighted by molar-refractivity contribution is 0.506. The largest absolute Gasteiger partial charge is 0.309 e. The van der Waals surface area contributed by atoms with Crippen molar-refractivity contribution >= 4 is 15.9 Å². The molecule has 0 fully saturated rings. The molecule has 1 atom stereocenters. The molecule has 0 radical (unpaired) electrons. The Morgan fingerprint density at radius 1 is 1.35 bits per heavy atom. The van der Waals surface area contributed by atoms with Gasteiger partial charge in [0.2, 0.25) is 0 Å². The molecule has 5 heteroatoms. The smallest absolute Gasteiger partial charge is 0.124 e. The summed E-state index contributed by atoms with van der Waals surface area (Å²) < 4.78 is 16.1. The van der Waals surface area contributed by atoms with Gasteiger partial charge < -0.3 is 5.32 Å². The lowest BCUT2D eigenvalue weighted by atomic mass is 10.0. The SMILES string of the molecule is CCNC(Cc1cc(F)cc(Br)c1)c1cc(C)nn1C. The van der Waals surface area contributed by atoms with E-state index in [0.29, 0.717) is 0 Å². The number of likely N-dealkylation sites (N-methyl/N-ethyl adjacent to an activating group) is 1. The normalized spacial score (nSPS) is 12.7. The maximum absolute atomic E-state index is 13.5. The van der Waals surface area contributed by atoms with Crippen LogP contribution in [0.2, 0.25) is 0 Å². The minimum atomic E-state index is -0.217. The van der Waals surface area contributed by atoms with E-state index in [2.05, 4.69) is 39.3 Å². The quantitative estimate of drug-likeness (QED) is 0.903. The van der Waals surface area contributed by atoms with Crippen LogP contribution in [0.15, 0.2) is 28.7 Å². The van der Waals surface area contributed by atoms with Crippen molar-refractivity contribution in [2.75, 3.05) is 6.54 Å². The summed E-state index contributed by atoms with van der Waals surface area (Å²) in [7, 11) is 1.94. The molecule has 2 aromatic rings. The predicted molar refractivity (Wildman–Crippen MR) is 82.2 cm³/mol. The Morgan fingerprint density at radius 3 is 2.65 bits per heavy atom. The maximum atomic E-state index is 13.5. The molecule has 1 N–H and O–H groups in total. The van der Waals surface area contributed by atoms with Crippen molar-refractivity contribution in [3.63, 3.8) is 0 Å². The molecule has 0 spiro atoms. The van der Waals surface area contributed by atoms with Crippen LogP contribution < -0.4 is 5.32 Å². The number of aromatic nitrogens is 2. The summed E-state index contributed by atoms with van der Waals surface area (Å²) >= 11 is 3.34. The first kappa shape index (κ1) is 15.2. The maximum Gasteiger partial charge on any atom is 0.124 e. The molecular formula is C15H19BrFN3. The Morgan fingerprint density at radius 2 is 2.10 bits per heavy atom. The Labute approximate surface area is 127 Å². The summed E-state index contributed by atoms with van der Waals surface area (Å²) in [6.07, 6.45) is 0.725. The van der Waals surface area contributed by atoms with Crippen LogP contribution in [-0.4, -0.2) is 16.3 Å². The zero-order chi connectivity index (χ0) is 14.7. The summed E-state index contributed by atoms with van der Waals surface area (Å²) in [6, 6.07) is 7.20. The lowest BCUT2D eigenvalue weighted by Crippen LogP contribution is -2.25. The van der Waals surface area contributed by atoms with Crippen LogP contribution in [0.4, 0.5) is 4.39 Å². The molecule has 0 bridgehead atoms. The van der Waals surface area contributed by atoms with Gasteiger partial charge in [0.05, 0.1) is 17.4 Å². The Bertz CT molecular complexity index is 575. The van der Waals surface area contributed by atoms with E-state index in [1.807, 2.05) is 24.7 Å². The van der Waals surface area contributed by atoms with Gasteiger partial charge in [0.15, 0.2) is 0 Å². The van der Waals surface area contributed by atoms with Crippen molar-refractivity contribution in [2.24, 2.45) is 7.05 Å². The summed E-state index contributed by atoms with van der Waals surface area (Å²) in [5.74, 6) is -0.217. The molecule has 1 unspecified atom stereocenters. The first-order valence-electron chi connectivity index (χ1n) is 6.68. The molecule has 2 rings (SSSR count). The van der Waals surface area contributed by atoms with E-state index < -0.39 is 0 Å². The molecule has 0 aliphatic rings. The number of aryl methyl sites for hydroxylation is 2. The fourth-order valence-electron chi connectivity index (χ4n) is 2.45. The minimum Gasteiger partial charge on any atom is -0.309 e. The van der Waals surface area contributed by atoms with Gasteiger partial charge in [-0.05, 0) is 49.7 Å². The van der Waals surface area contributed by atoms with Gasteiger partial charge in [-0.15, -0.1) is 0 Å². The van der Waals surface area contributed by atoms with Gasteiger partial charge in [-0.1, -0.05) is 22.9 Å². The Kier molecular flexibility index (Phi) is 4.94. The van der Waals surface area contributed by atoms with Crippen LogP contribution >= 0.6 is 15.9 Å². The van der Waals surface area contributed by atoms with E-state index in [-0.39, 0.29) is 11.9 Å². The average Bonchev–Trinajstić information content (AvgIpc) is 2.66. The predicted octanol–water partition coefficient (Wildman–Crippen LogP) is 3.52. The number of benzene rings is 1. The monoisotopic (exact) mass is 339 g/mol. The highest BCUT2D eigenvalue weighted by molar-refractivity contribution is 9.10. The molecule has 0 amide bonds. The zero-order valence-corrected chi connectivity index (χ0v) is 13.5. The van der Waals surface area contributed by atoms with Gasteiger partial charge in [0.1, 0.15) is 5.82 Å². The minimum absolute atomic E-state index is 0.125. The molecule has 108 valence electrons. The van der Waals surface area contributed by atoms with E-state index in [9.17, 15) is 4.39 Å². The first-order chi connectivity index (χ1) is 9.49. The van der Waals surface area contributed by atoms with Crippen LogP contribution in [-0.2, 0) is 13.5 Å². The summed E-state index contributed by atoms with van der Waals surface area (Å²) in [4.78, 5) is 0. The van der Waals surface area contributed by atoms with E-state index in [4.69, 9.17) is 0 Å². The van der Waals surface area contributed by atoms with E-state index in [0.717, 1.165) is 34.4 Å². The van der Waals surface area contributed by atoms with Gasteiger partial charge in [0.25, 0.3) is 0 Å². The molecule has 1 heterocycles. The number of hydrogen-bond donors (Lipinski definition) is 1. The molecule has 3 nitrogen and oxygen atoms in total. The first-order valence-corrected chi connectivity index (χ1v) is 7.47. The molecule has 0 aliphatic heterocycles. The van der Waals surface area contributed by atoms with Crippen LogP contribution in [0.1, 0.15) is 29.9 Å². The van der Waals surface area contributed by atoms with Crippen molar-refractivity contribution in [2.45, 2.75) is 26.3 Å². The number of nitrogens with zero attached hydrogens (tertiary/aromatic N) is 2. The molecule has 1 aromatic carbocycles. The Balaban J connectivity index is 2.27. The highest BCUT2D eigenvalue weighted by Crippen LogP contribution is 2.22. The molecule has 0 saturated heterocycles. The van der Waals surface area contributed by atoms with E-state index in [1.165, 1.54) is 6.07 Å². The second-order valence-electron chi connectivity index (χ2n) is 4.93. The third kappa shape index (κ3) is 3.67. The standard InChI is InChI=1S/C15H19BrFN3/c1-4-18-14(15-5-10(2)19-20(15)3)8-11-6-12(16)9-13(17)7-11/h5-7,9,14,18H,4,8H2,1-3H3. The van der Waals surface area contributed by atoms with Crippen LogP contribution in [0, 0.1) is 12.7 Å². The third-order valence-corrected chi connectivity index (χ3v) is 3.67. The number of halogens is 2. The van der Waals surface area contributed by atoms with Crippen molar-refractivity contribution in [1.29, 1.82) is 0 Å². The zero-order valence-electron chi connectivity index (χ0n) is 12.0. The van der Waals surface area contributed by atoms with Gasteiger partial charge in [0, 0.05) is 11.5 Å². The molecule has 0 aliphatic carbocycles. The average molecular weight is 340 g/mol. The van der Waals surface area contributed by atoms with Crippen molar-refractivity contribution < 1.29 is 4.39 Å². The van der Waals surface area contributed by atoms with Crippen LogP contribution in [0.25, 0.3) is 0 Å². The number of rotatable bonds is 5. The lowest BCUT2D eigenvalue weighted by Gasteiger charge is -2.18. The number of hydrogen-bond acceptors (Lipinski definition) is 2.